The summed E-state index contributed by atoms with van der Waals surface area (Å²) in [6.07, 6.45) is 5.26. The van der Waals surface area contributed by atoms with Crippen molar-refractivity contribution in [2.45, 2.75) is 64.1 Å². The smallest absolute Gasteiger partial charge is 0.353 e. The van der Waals surface area contributed by atoms with E-state index in [0.717, 1.165) is 49.2 Å². The molecule has 87 heavy (non-hydrogen) atoms. The minimum Gasteiger partial charge on any atom is -0.481 e. The molecular formula is C60H54F4N8O13S2. The number of carbonyl (C=O) groups is 2. The number of carboxylic acids is 1. The fourth-order valence-corrected chi connectivity index (χ4v) is 12.2. The number of nitrogens with one attached hydrogen (secondary N) is 1. The zero-order chi connectivity index (χ0) is 60.8. The van der Waals surface area contributed by atoms with Crippen LogP contribution in [0.4, 0.5) is 28.9 Å². The number of methoxy groups -OCH3 is 2. The van der Waals surface area contributed by atoms with Crippen LogP contribution in [0.5, 0.6) is 11.8 Å². The van der Waals surface area contributed by atoms with E-state index < -0.39 is 89.1 Å². The van der Waals surface area contributed by atoms with Crippen molar-refractivity contribution in [1.82, 2.24) is 23.8 Å². The topological polar surface area (TPSA) is 301 Å². The summed E-state index contributed by atoms with van der Waals surface area (Å²) in [7, 11) is -4.42. The third-order valence-electron chi connectivity index (χ3n) is 14.3. The number of halogens is 4. The van der Waals surface area contributed by atoms with Gasteiger partial charge in [-0.15, -0.1) is 0 Å². The van der Waals surface area contributed by atoms with Crippen molar-refractivity contribution in [3.63, 3.8) is 0 Å². The minimum atomic E-state index is -4.05. The third kappa shape index (κ3) is 12.5. The van der Waals surface area contributed by atoms with Crippen LogP contribution >= 0.6 is 0 Å². The van der Waals surface area contributed by atoms with Crippen LogP contribution in [0.3, 0.4) is 0 Å². The van der Waals surface area contributed by atoms with Gasteiger partial charge in [0.15, 0.2) is 0 Å². The van der Waals surface area contributed by atoms with E-state index in [0.29, 0.717) is 45.5 Å². The molecule has 1 amide bonds. The summed E-state index contributed by atoms with van der Waals surface area (Å²) < 4.78 is 122. The molecule has 12 rings (SSSR count). The van der Waals surface area contributed by atoms with E-state index in [1.165, 1.54) is 47.9 Å². The van der Waals surface area contributed by atoms with Crippen LogP contribution in [0.2, 0.25) is 0 Å². The van der Waals surface area contributed by atoms with Gasteiger partial charge in [0.1, 0.15) is 34.7 Å². The van der Waals surface area contributed by atoms with Gasteiger partial charge in [-0.25, -0.2) is 59.0 Å². The second-order valence-corrected chi connectivity index (χ2v) is 23.5. The number of carboxylic acid groups (broad SMARTS) is 1. The number of benzene rings is 6. The molecule has 27 heteroatoms. The highest BCUT2D eigenvalue weighted by Crippen LogP contribution is 2.46. The first-order valence-electron chi connectivity index (χ1n) is 25.6. The van der Waals surface area contributed by atoms with Crippen LogP contribution in [0.25, 0.3) is 65.6 Å². The SMILES string of the molecule is C.C.COc1ncccc1-c1c(C(=O)NS(=O)(=O)C2CC2)n(Cc2cc([N+](=O)[O-])ccc2F)c2cc(F)c3ccccc3c12.COc1ncccc1-c1c(C(=O)O)n(Cc2cc([N+](=O)[O-])ccc2F)c2cc(F)c3ccccc3c12.NS(=O)(=O)C1CC1. The summed E-state index contributed by atoms with van der Waals surface area (Å²) >= 11 is 0. The number of nitro groups is 2. The van der Waals surface area contributed by atoms with Crippen molar-refractivity contribution in [1.29, 1.82) is 0 Å². The molecule has 4 aromatic heterocycles. The lowest BCUT2D eigenvalue weighted by atomic mass is 9.97. The number of primary sulfonamides is 1. The molecule has 2 aliphatic carbocycles. The fraction of sp³-hybridized carbons (Fsp3) is 0.200. The van der Waals surface area contributed by atoms with E-state index in [2.05, 4.69) is 14.7 Å². The van der Waals surface area contributed by atoms with Crippen molar-refractivity contribution in [3.8, 4) is 34.0 Å². The Labute approximate surface area is 494 Å². The highest BCUT2D eigenvalue weighted by Gasteiger charge is 2.39. The number of fused-ring (bicyclic) bond motifs is 6. The number of non-ortho nitro benzene ring substituents is 2. The van der Waals surface area contributed by atoms with E-state index in [1.807, 2.05) is 0 Å². The van der Waals surface area contributed by atoms with E-state index >= 15 is 13.2 Å². The molecule has 2 saturated carbocycles. The lowest BCUT2D eigenvalue weighted by Gasteiger charge is -2.14. The maximum atomic E-state index is 15.5. The van der Waals surface area contributed by atoms with Gasteiger partial charge in [-0.2, -0.15) is 0 Å². The molecule has 0 saturated heterocycles. The van der Waals surface area contributed by atoms with Crippen molar-refractivity contribution in [2.75, 3.05) is 14.2 Å². The number of hydrogen-bond donors (Lipinski definition) is 3. The molecular weight excluding hydrogens is 1180 g/mol. The molecule has 21 nitrogen and oxygen atoms in total. The molecule has 2 aliphatic rings. The Hall–Kier alpha value is -9.86. The maximum absolute atomic E-state index is 15.5. The predicted molar refractivity (Wildman–Crippen MR) is 319 cm³/mol. The van der Waals surface area contributed by atoms with E-state index in [1.54, 1.807) is 72.8 Å². The second kappa shape index (κ2) is 25.0. The molecule has 4 N–H and O–H groups in total. The number of nitrogens with zero attached hydrogens (tertiary/aromatic N) is 6. The number of carbonyl (C=O) groups excluding carboxylic acids is 1. The molecule has 10 aromatic rings. The number of rotatable bonds is 15. The van der Waals surface area contributed by atoms with E-state index in [-0.39, 0.29) is 93.0 Å². The minimum absolute atomic E-state index is 0. The highest BCUT2D eigenvalue weighted by molar-refractivity contribution is 7.91. The van der Waals surface area contributed by atoms with Crippen LogP contribution in [0, 0.1) is 43.5 Å². The average Bonchev–Trinajstić information content (AvgIpc) is 1.64. The first-order chi connectivity index (χ1) is 40.5. The lowest BCUT2D eigenvalue weighted by molar-refractivity contribution is -0.385. The zero-order valence-corrected chi connectivity index (χ0v) is 46.2. The van der Waals surface area contributed by atoms with Gasteiger partial charge in [-0.05, 0) is 85.0 Å². The quantitative estimate of drug-likeness (QED) is 0.0488. The Balaban J connectivity index is 0.000000200. The molecule has 4 heterocycles. The van der Waals surface area contributed by atoms with Crippen molar-refractivity contribution in [2.24, 2.45) is 5.14 Å². The Kier molecular flexibility index (Phi) is 18.1. The molecule has 0 aliphatic heterocycles. The summed E-state index contributed by atoms with van der Waals surface area (Å²) in [4.78, 5) is 56.4. The molecule has 2 fully saturated rings. The Morgan fingerprint density at radius 3 is 1.38 bits per heavy atom. The number of nitrogens with two attached hydrogens (primary N) is 1. The molecule has 452 valence electrons. The second-order valence-electron chi connectivity index (χ2n) is 19.7. The van der Waals surface area contributed by atoms with Crippen LogP contribution in [0.15, 0.2) is 134 Å². The maximum Gasteiger partial charge on any atom is 0.353 e. The normalized spacial score (nSPS) is 12.9. The van der Waals surface area contributed by atoms with Gasteiger partial charge in [0.05, 0.1) is 58.7 Å². The van der Waals surface area contributed by atoms with Crippen molar-refractivity contribution < 1.29 is 68.4 Å². The number of pyridine rings is 2. The Bertz CT molecular complexity index is 4650. The average molecular weight is 1240 g/mol. The van der Waals surface area contributed by atoms with Gasteiger partial charge in [0, 0.05) is 91.6 Å². The number of hydrogen-bond acceptors (Lipinski definition) is 14. The van der Waals surface area contributed by atoms with Gasteiger partial charge < -0.3 is 23.7 Å². The largest absolute Gasteiger partial charge is 0.481 e. The first kappa shape index (κ1) is 63.2. The van der Waals surface area contributed by atoms with Crippen LogP contribution in [-0.4, -0.2) is 87.5 Å². The van der Waals surface area contributed by atoms with Gasteiger partial charge in [0.2, 0.25) is 31.8 Å². The number of aromatic carboxylic acids is 1. The summed E-state index contributed by atoms with van der Waals surface area (Å²) in [5.74, 6) is -4.95. The molecule has 0 spiro atoms. The summed E-state index contributed by atoms with van der Waals surface area (Å²) in [5.41, 5.74) is -0.194. The van der Waals surface area contributed by atoms with E-state index in [4.69, 9.17) is 14.6 Å². The molecule has 6 aromatic carbocycles. The molecule has 0 radical (unpaired) electrons. The van der Waals surface area contributed by atoms with Gasteiger partial charge >= 0.3 is 5.97 Å². The number of ether oxygens (including phenoxy) is 2. The fourth-order valence-electron chi connectivity index (χ4n) is 10.1. The summed E-state index contributed by atoms with van der Waals surface area (Å²) in [5, 5.41) is 38.9. The third-order valence-corrected chi connectivity index (χ3v) is 17.5. The van der Waals surface area contributed by atoms with Gasteiger partial charge in [-0.1, -0.05) is 63.4 Å². The van der Waals surface area contributed by atoms with Crippen LogP contribution in [0.1, 0.15) is 72.6 Å². The van der Waals surface area contributed by atoms with Crippen LogP contribution in [-0.2, 0) is 33.1 Å². The molecule has 0 unspecified atom stereocenters. The number of amides is 1. The standard InChI is InChI=1S/C29H22F2N4O6S.C26H17F2N3O5.C3H7NO2S.2CH4/c1-41-29-21(7-4-12-32-29)26-25-20-6-3-2-5-19(20)23(31)14-24(25)34(15-16-13-17(35(37)38)8-11-22(16)30)27(26)28(36)33-42(39,40)18-9-10-18;1-36-25-18(7-4-10-29-25)23-22-17-6-3-2-5-16(17)20(28)12-21(22)30(24(23)26(32)33)13-14-11-15(31(34)35)8-9-19(14)27;4-7(5,6)3-1-2-3;;/h2-8,11-14,18H,9-10,15H2,1H3,(H,33,36);2-12H,13H2,1H3,(H,32,33);3H,1-2H2,(H2,4,5,6);2*1H4. The summed E-state index contributed by atoms with van der Waals surface area (Å²) in [6.45, 7) is -0.859. The summed E-state index contributed by atoms with van der Waals surface area (Å²) in [6, 6.07) is 27.9. The van der Waals surface area contributed by atoms with Crippen LogP contribution < -0.4 is 19.3 Å². The van der Waals surface area contributed by atoms with Crippen molar-refractivity contribution >= 4 is 86.6 Å². The molecule has 0 bridgehead atoms. The van der Waals surface area contributed by atoms with Gasteiger partial charge in [-0.3, -0.25) is 25.0 Å². The first-order valence-corrected chi connectivity index (χ1v) is 28.8. The zero-order valence-electron chi connectivity index (χ0n) is 44.5. The number of sulfonamides is 2. The number of nitro benzene ring substituents is 2. The highest BCUT2D eigenvalue weighted by atomic mass is 32.2. The molecule has 0 atom stereocenters. The number of aromatic nitrogens is 4. The Morgan fingerprint density at radius 1 is 0.609 bits per heavy atom. The Morgan fingerprint density at radius 2 is 1.01 bits per heavy atom. The van der Waals surface area contributed by atoms with Crippen molar-refractivity contribution in [3.05, 3.63) is 200 Å². The monoisotopic (exact) mass is 1230 g/mol. The van der Waals surface area contributed by atoms with Gasteiger partial charge in [0.25, 0.3) is 17.3 Å². The van der Waals surface area contributed by atoms with E-state index in [9.17, 15) is 56.2 Å². The predicted octanol–water partition coefficient (Wildman–Crippen LogP) is 11.8. The lowest BCUT2D eigenvalue weighted by Crippen LogP contribution is -2.35.